The van der Waals surface area contributed by atoms with Crippen LogP contribution in [0.15, 0.2) is 46.6 Å². The Balaban J connectivity index is 1.93. The van der Waals surface area contributed by atoms with E-state index >= 15 is 0 Å². The predicted molar refractivity (Wildman–Crippen MR) is 81.3 cm³/mol. The third-order valence-corrected chi connectivity index (χ3v) is 3.84. The van der Waals surface area contributed by atoms with Crippen molar-refractivity contribution >= 4 is 17.5 Å². The maximum Gasteiger partial charge on any atom is 0.396 e. The molecule has 0 aliphatic carbocycles. The second-order valence-corrected chi connectivity index (χ2v) is 5.08. The van der Waals surface area contributed by atoms with E-state index < -0.39 is 0 Å². The lowest BCUT2D eigenvalue weighted by Crippen LogP contribution is -2.41. The molecular formula is C15H14N5O2+. The molecule has 0 spiro atoms. The Morgan fingerprint density at radius 2 is 2.18 bits per heavy atom. The van der Waals surface area contributed by atoms with Crippen molar-refractivity contribution in [2.45, 2.75) is 6.04 Å². The van der Waals surface area contributed by atoms with Gasteiger partial charge in [-0.25, -0.2) is 4.57 Å². The van der Waals surface area contributed by atoms with Crippen molar-refractivity contribution in [1.82, 2.24) is 9.55 Å². The summed E-state index contributed by atoms with van der Waals surface area (Å²) in [6, 6.07) is 7.54. The molecule has 0 fully saturated rings. The predicted octanol–water partition coefficient (Wildman–Crippen LogP) is 1.76. The number of fused-ring (bicyclic) bond motifs is 2. The molecular weight excluding hydrogens is 282 g/mol. The number of hydrogen-bond acceptors (Lipinski definition) is 5. The van der Waals surface area contributed by atoms with Crippen molar-refractivity contribution in [3.8, 4) is 5.75 Å². The molecule has 0 amide bonds. The Kier molecular flexibility index (Phi) is 2.85. The number of nitroso groups, excluding NO2 is 1. The lowest BCUT2D eigenvalue weighted by atomic mass is 9.98. The molecule has 1 atom stereocenters. The van der Waals surface area contributed by atoms with Crippen molar-refractivity contribution in [2.75, 3.05) is 20.2 Å². The lowest BCUT2D eigenvalue weighted by molar-refractivity contribution is -0.344. The van der Waals surface area contributed by atoms with Crippen LogP contribution in [0.1, 0.15) is 11.6 Å². The number of ether oxygens (including phenoxy) is 1. The Hall–Kier alpha value is -2.83. The third kappa shape index (κ3) is 1.78. The second kappa shape index (κ2) is 4.87. The number of hydrogen-bond donors (Lipinski definition) is 0. The summed E-state index contributed by atoms with van der Waals surface area (Å²) in [5.41, 5.74) is 1.67. The van der Waals surface area contributed by atoms with Gasteiger partial charge in [-0.3, -0.25) is 4.99 Å². The molecule has 0 radical (unpaired) electrons. The summed E-state index contributed by atoms with van der Waals surface area (Å²) in [7, 11) is 1.63. The summed E-state index contributed by atoms with van der Waals surface area (Å²) in [6.07, 6.45) is 3.41. The van der Waals surface area contributed by atoms with Gasteiger partial charge in [-0.15, -0.1) is 9.89 Å². The van der Waals surface area contributed by atoms with Crippen LogP contribution >= 0.6 is 0 Å². The average molecular weight is 296 g/mol. The quantitative estimate of drug-likeness (QED) is 0.793. The summed E-state index contributed by atoms with van der Waals surface area (Å²) < 4.78 is 7.89. The molecule has 2 aliphatic rings. The normalized spacial score (nSPS) is 19.9. The van der Waals surface area contributed by atoms with Crippen LogP contribution in [-0.4, -0.2) is 46.1 Å². The van der Waals surface area contributed by atoms with Gasteiger partial charge in [-0.2, -0.15) is 4.99 Å². The van der Waals surface area contributed by atoms with E-state index in [1.807, 2.05) is 28.8 Å². The Morgan fingerprint density at radius 1 is 1.32 bits per heavy atom. The van der Waals surface area contributed by atoms with Crippen LogP contribution in [0.5, 0.6) is 5.75 Å². The van der Waals surface area contributed by atoms with E-state index in [0.717, 1.165) is 16.1 Å². The fraction of sp³-hybridized carbons (Fsp3) is 0.267. The van der Waals surface area contributed by atoms with Crippen LogP contribution in [0.25, 0.3) is 0 Å². The number of methoxy groups -OCH3 is 1. The van der Waals surface area contributed by atoms with E-state index in [1.165, 1.54) is 0 Å². The van der Waals surface area contributed by atoms with Gasteiger partial charge in [-0.1, -0.05) is 12.1 Å². The highest BCUT2D eigenvalue weighted by atomic mass is 16.5. The van der Waals surface area contributed by atoms with Crippen LogP contribution in [0.4, 0.5) is 5.95 Å². The lowest BCUT2D eigenvalue weighted by Gasteiger charge is -2.24. The molecule has 7 nitrogen and oxygen atoms in total. The average Bonchev–Trinajstić information content (AvgIpc) is 3.05. The zero-order chi connectivity index (χ0) is 15.1. The van der Waals surface area contributed by atoms with Crippen LogP contribution in [0, 0.1) is 4.91 Å². The van der Waals surface area contributed by atoms with Gasteiger partial charge in [0.15, 0.2) is 0 Å². The van der Waals surface area contributed by atoms with Gasteiger partial charge in [0.05, 0.1) is 19.9 Å². The number of rotatable bonds is 2. The number of benzene rings is 1. The molecule has 1 unspecified atom stereocenters. The van der Waals surface area contributed by atoms with E-state index in [-0.39, 0.29) is 6.04 Å². The molecule has 1 aromatic carbocycles. The molecule has 2 aliphatic heterocycles. The molecule has 2 aromatic rings. The highest BCUT2D eigenvalue weighted by Crippen LogP contribution is 2.32. The van der Waals surface area contributed by atoms with Crippen LogP contribution in [0.2, 0.25) is 0 Å². The monoisotopic (exact) mass is 296 g/mol. The molecule has 22 heavy (non-hydrogen) atoms. The second-order valence-electron chi connectivity index (χ2n) is 5.08. The Bertz CT molecular complexity index is 821. The Labute approximate surface area is 126 Å². The fourth-order valence-corrected chi connectivity index (χ4v) is 2.88. The maximum atomic E-state index is 12.4. The first-order valence-electron chi connectivity index (χ1n) is 7.03. The summed E-state index contributed by atoms with van der Waals surface area (Å²) in [5, 5.41) is 0. The van der Waals surface area contributed by atoms with Crippen LogP contribution in [0.3, 0.4) is 0 Å². The SMILES string of the molecule is COc1cccc(C2C3=NCCN=C3[N+](=O)c3nccn32)c1. The Morgan fingerprint density at radius 3 is 3.05 bits per heavy atom. The van der Waals surface area contributed by atoms with Gasteiger partial charge < -0.3 is 4.74 Å². The first-order chi connectivity index (χ1) is 10.8. The first-order valence-corrected chi connectivity index (χ1v) is 7.03. The van der Waals surface area contributed by atoms with Gasteiger partial charge in [0, 0.05) is 4.76 Å². The molecule has 0 N–H and O–H groups in total. The van der Waals surface area contributed by atoms with E-state index in [2.05, 4.69) is 15.0 Å². The summed E-state index contributed by atoms with van der Waals surface area (Å²) >= 11 is 0. The number of aromatic nitrogens is 2. The summed E-state index contributed by atoms with van der Waals surface area (Å²) in [6.45, 7) is 1.13. The van der Waals surface area contributed by atoms with Crippen molar-refractivity contribution in [1.29, 1.82) is 0 Å². The van der Waals surface area contributed by atoms with Gasteiger partial charge in [0.25, 0.3) is 5.84 Å². The van der Waals surface area contributed by atoms with Crippen LogP contribution < -0.4 is 4.74 Å². The molecule has 0 bridgehead atoms. The number of aliphatic imine (C=N–C) groups is 2. The van der Waals surface area contributed by atoms with Crippen molar-refractivity contribution in [3.63, 3.8) is 0 Å². The van der Waals surface area contributed by atoms with Gasteiger partial charge >= 0.3 is 5.95 Å². The fourth-order valence-electron chi connectivity index (χ4n) is 2.88. The maximum absolute atomic E-state index is 12.4. The van der Waals surface area contributed by atoms with Crippen molar-refractivity contribution in [2.24, 2.45) is 9.98 Å². The number of amidine groups is 1. The standard InChI is InChI=1S/C15H14N5O2/c1-22-11-4-2-3-10(9-11)13-12-14(17-6-5-16-12)20(21)15-18-7-8-19(13)15/h2-4,7-9,13H,5-6H2,1H3/q+1. The number of imidazole rings is 1. The van der Waals surface area contributed by atoms with Crippen molar-refractivity contribution in [3.05, 3.63) is 47.1 Å². The van der Waals surface area contributed by atoms with Crippen LogP contribution in [-0.2, 0) is 0 Å². The third-order valence-electron chi connectivity index (χ3n) is 3.84. The molecule has 3 heterocycles. The molecule has 0 saturated carbocycles. The molecule has 110 valence electrons. The first kappa shape index (κ1) is 12.9. The molecule has 1 aromatic heterocycles. The van der Waals surface area contributed by atoms with Crippen molar-refractivity contribution < 1.29 is 9.50 Å². The van der Waals surface area contributed by atoms with Gasteiger partial charge in [0.2, 0.25) is 0 Å². The van der Waals surface area contributed by atoms with E-state index in [9.17, 15) is 4.91 Å². The largest absolute Gasteiger partial charge is 0.497 e. The minimum atomic E-state index is -0.211. The van der Waals surface area contributed by atoms with E-state index in [1.54, 1.807) is 19.5 Å². The highest BCUT2D eigenvalue weighted by Gasteiger charge is 2.43. The topological polar surface area (TPSA) is 71.8 Å². The molecule has 4 rings (SSSR count). The number of nitrogens with zero attached hydrogens (tertiary/aromatic N) is 5. The van der Waals surface area contributed by atoms with Gasteiger partial charge in [-0.05, 0) is 17.7 Å². The van der Waals surface area contributed by atoms with E-state index in [4.69, 9.17) is 4.74 Å². The highest BCUT2D eigenvalue weighted by molar-refractivity contribution is 6.41. The zero-order valence-corrected chi connectivity index (χ0v) is 12.0. The van der Waals surface area contributed by atoms with Gasteiger partial charge in [0.1, 0.15) is 30.2 Å². The minimum absolute atomic E-state index is 0.211. The minimum Gasteiger partial charge on any atom is -0.497 e. The smallest absolute Gasteiger partial charge is 0.396 e. The zero-order valence-electron chi connectivity index (χ0n) is 12.0. The molecule has 0 saturated heterocycles. The summed E-state index contributed by atoms with van der Waals surface area (Å²) in [5.74, 6) is 1.45. The van der Waals surface area contributed by atoms with E-state index in [0.29, 0.717) is 30.6 Å². The molecule has 7 heteroatoms. The summed E-state index contributed by atoms with van der Waals surface area (Å²) in [4.78, 5) is 25.5.